The second kappa shape index (κ2) is 10.1. The first-order chi connectivity index (χ1) is 14.6. The fraction of sp³-hybridized carbons (Fsp3) is 0.300. The minimum atomic E-state index is -3.80. The van der Waals surface area contributed by atoms with E-state index in [1.165, 1.54) is 20.1 Å². The predicted octanol–water partition coefficient (Wildman–Crippen LogP) is 2.69. The van der Waals surface area contributed by atoms with E-state index in [9.17, 15) is 23.1 Å². The number of nitrogens with one attached hydrogen (secondary N) is 2. The Balaban J connectivity index is 2.33. The molecule has 2 aromatic carbocycles. The number of amides is 1. The zero-order chi connectivity index (χ0) is 23.2. The van der Waals surface area contributed by atoms with Gasteiger partial charge in [-0.3, -0.25) is 9.59 Å². The number of methoxy groups -OCH3 is 1. The number of hydrogen-bond donors (Lipinski definition) is 3. The van der Waals surface area contributed by atoms with E-state index in [-0.39, 0.29) is 22.9 Å². The minimum absolute atomic E-state index is 0.144. The molecule has 1 unspecified atom stereocenters. The van der Waals surface area contributed by atoms with Gasteiger partial charge in [0.15, 0.2) is 5.78 Å². The van der Waals surface area contributed by atoms with Crippen molar-refractivity contribution in [2.24, 2.45) is 10.2 Å². The van der Waals surface area contributed by atoms with Crippen LogP contribution in [0.1, 0.15) is 19.4 Å². The zero-order valence-electron chi connectivity index (χ0n) is 17.5. The largest absolute Gasteiger partial charge is 0.506 e. The number of ketones is 1. The Morgan fingerprint density at radius 2 is 1.90 bits per heavy atom. The Morgan fingerprint density at radius 1 is 1.19 bits per heavy atom. The van der Waals surface area contributed by atoms with Gasteiger partial charge >= 0.3 is 0 Å². The summed E-state index contributed by atoms with van der Waals surface area (Å²) < 4.78 is 31.8. The van der Waals surface area contributed by atoms with Crippen LogP contribution in [0.5, 0.6) is 11.5 Å². The van der Waals surface area contributed by atoms with Crippen LogP contribution in [0.15, 0.2) is 51.5 Å². The lowest BCUT2D eigenvalue weighted by Gasteiger charge is -2.13. The first-order valence-corrected chi connectivity index (χ1v) is 10.8. The molecule has 2 rings (SSSR count). The summed E-state index contributed by atoms with van der Waals surface area (Å²) in [7, 11) is -2.35. The number of rotatable bonds is 9. The fourth-order valence-electron chi connectivity index (χ4n) is 2.58. The third-order valence-electron chi connectivity index (χ3n) is 4.12. The van der Waals surface area contributed by atoms with Crippen LogP contribution >= 0.6 is 0 Å². The van der Waals surface area contributed by atoms with Crippen LogP contribution in [0.25, 0.3) is 0 Å². The number of hydrogen-bond acceptors (Lipinski definition) is 8. The Bertz CT molecular complexity index is 1110. The third kappa shape index (κ3) is 6.09. The number of benzene rings is 2. The van der Waals surface area contributed by atoms with Gasteiger partial charge in [-0.2, -0.15) is 10.2 Å². The van der Waals surface area contributed by atoms with Crippen molar-refractivity contribution in [2.45, 2.75) is 31.7 Å². The van der Waals surface area contributed by atoms with Crippen molar-refractivity contribution >= 4 is 33.1 Å². The summed E-state index contributed by atoms with van der Waals surface area (Å²) in [5.41, 5.74) is 1.02. The average Bonchev–Trinajstić information content (AvgIpc) is 2.69. The van der Waals surface area contributed by atoms with Crippen molar-refractivity contribution in [1.82, 2.24) is 4.72 Å². The molecule has 1 atom stereocenters. The molecule has 0 bridgehead atoms. The van der Waals surface area contributed by atoms with Crippen molar-refractivity contribution in [3.8, 4) is 11.5 Å². The highest BCUT2D eigenvalue weighted by molar-refractivity contribution is 7.89. The Labute approximate surface area is 180 Å². The molecule has 0 aromatic heterocycles. The van der Waals surface area contributed by atoms with E-state index in [4.69, 9.17) is 4.74 Å². The number of phenols is 1. The van der Waals surface area contributed by atoms with E-state index in [0.29, 0.717) is 11.4 Å². The maximum Gasteiger partial charge on any atom is 0.258 e. The molecule has 0 aliphatic carbocycles. The predicted molar refractivity (Wildman–Crippen MR) is 114 cm³/mol. The minimum Gasteiger partial charge on any atom is -0.506 e. The highest BCUT2D eigenvalue weighted by atomic mass is 32.2. The van der Waals surface area contributed by atoms with Crippen LogP contribution in [-0.2, 0) is 19.6 Å². The molecule has 0 heterocycles. The van der Waals surface area contributed by atoms with Crippen molar-refractivity contribution in [3.05, 3.63) is 42.0 Å². The number of aromatic hydroxyl groups is 1. The Kier molecular flexibility index (Phi) is 7.83. The second-order valence-electron chi connectivity index (χ2n) is 6.57. The fourth-order valence-corrected chi connectivity index (χ4v) is 3.64. The second-order valence-corrected chi connectivity index (χ2v) is 8.34. The van der Waals surface area contributed by atoms with Gasteiger partial charge in [0.1, 0.15) is 17.2 Å². The molecule has 0 aliphatic heterocycles. The maximum absolute atomic E-state index is 12.6. The molecule has 0 spiro atoms. The molecule has 10 nitrogen and oxygen atoms in total. The first kappa shape index (κ1) is 24.0. The molecule has 0 fully saturated rings. The normalized spacial score (nSPS) is 12.5. The molecule has 0 saturated heterocycles. The van der Waals surface area contributed by atoms with Crippen LogP contribution in [0, 0.1) is 6.92 Å². The van der Waals surface area contributed by atoms with Crippen LogP contribution < -0.4 is 14.8 Å². The molecule has 1 amide bonds. The van der Waals surface area contributed by atoms with Gasteiger partial charge in [-0.25, -0.2) is 13.1 Å². The van der Waals surface area contributed by atoms with Crippen LogP contribution in [0.3, 0.4) is 0 Å². The molecular weight excluding hydrogens is 424 g/mol. The number of sulfonamides is 1. The monoisotopic (exact) mass is 448 g/mol. The van der Waals surface area contributed by atoms with Gasteiger partial charge in [-0.15, -0.1) is 0 Å². The molecular formula is C20H24N4O6S. The van der Waals surface area contributed by atoms with Gasteiger partial charge in [-0.1, -0.05) is 13.0 Å². The van der Waals surface area contributed by atoms with Crippen LogP contribution in [0.2, 0.25) is 0 Å². The van der Waals surface area contributed by atoms with Crippen molar-refractivity contribution < 1.29 is 27.9 Å². The smallest absolute Gasteiger partial charge is 0.258 e. The van der Waals surface area contributed by atoms with Crippen molar-refractivity contribution in [1.29, 1.82) is 0 Å². The first-order valence-electron chi connectivity index (χ1n) is 9.28. The number of Topliss-reactive ketones (excluding diaryl/α,β-unsaturated/α-hetero) is 1. The number of phenolic OH excluding ortho intramolecular Hbond substituents is 1. The summed E-state index contributed by atoms with van der Waals surface area (Å²) in [6.07, 6.45) is 0. The lowest BCUT2D eigenvalue weighted by Crippen LogP contribution is -2.32. The van der Waals surface area contributed by atoms with Gasteiger partial charge < -0.3 is 15.2 Å². The SMILES string of the molecule is CCNS(=O)(=O)c1ccc(O)c(N=NC(C(C)=O)C(=O)Nc2cc(C)ccc2OC)c1. The molecule has 3 N–H and O–H groups in total. The van der Waals surface area contributed by atoms with E-state index in [1.54, 1.807) is 25.1 Å². The number of carbonyl (C=O) groups is 2. The third-order valence-corrected chi connectivity index (χ3v) is 5.66. The number of azo groups is 1. The molecule has 166 valence electrons. The summed E-state index contributed by atoms with van der Waals surface area (Å²) in [4.78, 5) is 24.5. The number of nitrogens with zero attached hydrogens (tertiary/aromatic N) is 2. The van der Waals surface area contributed by atoms with E-state index in [2.05, 4.69) is 20.3 Å². The zero-order valence-corrected chi connectivity index (χ0v) is 18.4. The van der Waals surface area contributed by atoms with Crippen LogP contribution in [-0.4, -0.2) is 44.9 Å². The summed E-state index contributed by atoms with van der Waals surface area (Å²) in [6.45, 7) is 4.80. The lowest BCUT2D eigenvalue weighted by atomic mass is 10.1. The molecule has 0 radical (unpaired) electrons. The number of ether oxygens (including phenoxy) is 1. The van der Waals surface area contributed by atoms with Gasteiger partial charge in [0.25, 0.3) is 5.91 Å². The molecule has 31 heavy (non-hydrogen) atoms. The molecule has 2 aromatic rings. The van der Waals surface area contributed by atoms with Crippen LogP contribution in [0.4, 0.5) is 11.4 Å². The van der Waals surface area contributed by atoms with E-state index < -0.39 is 27.8 Å². The summed E-state index contributed by atoms with van der Waals surface area (Å²) in [6, 6.07) is 7.06. The van der Waals surface area contributed by atoms with Crippen molar-refractivity contribution in [2.75, 3.05) is 19.0 Å². The highest BCUT2D eigenvalue weighted by Crippen LogP contribution is 2.30. The number of aryl methyl sites for hydroxylation is 1. The van der Waals surface area contributed by atoms with E-state index in [1.807, 2.05) is 6.92 Å². The summed E-state index contributed by atoms with van der Waals surface area (Å²) in [5.74, 6) is -1.31. The topological polar surface area (TPSA) is 147 Å². The molecule has 0 aliphatic rings. The Morgan fingerprint density at radius 3 is 2.52 bits per heavy atom. The summed E-state index contributed by atoms with van der Waals surface area (Å²) in [5, 5.41) is 20.1. The van der Waals surface area contributed by atoms with Gasteiger partial charge in [0.05, 0.1) is 17.7 Å². The molecule has 11 heteroatoms. The highest BCUT2D eigenvalue weighted by Gasteiger charge is 2.24. The number of anilines is 1. The van der Waals surface area contributed by atoms with E-state index >= 15 is 0 Å². The number of carbonyl (C=O) groups excluding carboxylic acids is 2. The quantitative estimate of drug-likeness (QED) is 0.397. The van der Waals surface area contributed by atoms with Gasteiger partial charge in [0, 0.05) is 6.54 Å². The van der Waals surface area contributed by atoms with E-state index in [0.717, 1.165) is 17.7 Å². The molecule has 0 saturated carbocycles. The standard InChI is InChI=1S/C20H24N4O6S/c1-5-21-31(28,29)14-7-8-17(26)15(11-14)23-24-19(13(3)25)20(27)22-16-10-12(2)6-9-18(16)30-4/h6-11,19,21,26H,5H2,1-4H3,(H,22,27). The Hall–Kier alpha value is -3.31. The average molecular weight is 449 g/mol. The van der Waals surface area contributed by atoms with Gasteiger partial charge in [0.2, 0.25) is 16.1 Å². The van der Waals surface area contributed by atoms with Gasteiger partial charge in [-0.05, 0) is 49.7 Å². The van der Waals surface area contributed by atoms with Crippen molar-refractivity contribution in [3.63, 3.8) is 0 Å². The summed E-state index contributed by atoms with van der Waals surface area (Å²) >= 11 is 0. The maximum atomic E-state index is 12.6. The lowest BCUT2D eigenvalue weighted by molar-refractivity contribution is -0.126.